The number of benzene rings is 2. The molecule has 6 rings (SSSR count). The molecule has 64 heavy (non-hydrogen) atoms. The Morgan fingerprint density at radius 2 is 1.06 bits per heavy atom. The second-order valence-electron chi connectivity index (χ2n) is 14.6. The van der Waals surface area contributed by atoms with E-state index in [9.17, 15) is 36.0 Å². The molecule has 1 aromatic heterocycles. The molecule has 0 radical (unpaired) electrons. The first-order valence-electron chi connectivity index (χ1n) is 20.5. The largest absolute Gasteiger partial charge is 0.494 e. The number of anilines is 1. The number of hydrogen-bond donors (Lipinski definition) is 7. The van der Waals surface area contributed by atoms with Gasteiger partial charge in [0.2, 0.25) is 5.88 Å². The van der Waals surface area contributed by atoms with Crippen molar-refractivity contribution in [1.82, 2.24) is 26.5 Å². The monoisotopic (exact) mass is 938 g/mol. The van der Waals surface area contributed by atoms with Crippen LogP contribution in [0.1, 0.15) is 38.5 Å². The van der Waals surface area contributed by atoms with E-state index in [4.69, 9.17) is 38.5 Å². The van der Waals surface area contributed by atoms with Gasteiger partial charge >= 0.3 is 12.1 Å². The molecule has 0 bridgehead atoms. The van der Waals surface area contributed by atoms with Crippen LogP contribution in [0, 0.1) is 0 Å². The summed E-state index contributed by atoms with van der Waals surface area (Å²) in [5.41, 5.74) is 2.98. The fourth-order valence-corrected chi connectivity index (χ4v) is 10.9. The number of furan rings is 1. The Morgan fingerprint density at radius 3 is 1.48 bits per heavy atom. The third-order valence-electron chi connectivity index (χ3n) is 10.7. The molecule has 0 aliphatic carbocycles. The number of ether oxygens (including phenoxy) is 5. The third-order valence-corrected chi connectivity index (χ3v) is 15.8. The van der Waals surface area contributed by atoms with Gasteiger partial charge in [0.1, 0.15) is 11.5 Å². The summed E-state index contributed by atoms with van der Waals surface area (Å²) in [6, 6.07) is 14.3. The van der Waals surface area contributed by atoms with Gasteiger partial charge in [-0.15, -0.1) is 0 Å². The number of morpholine rings is 1. The maximum absolute atomic E-state index is 13.2. The van der Waals surface area contributed by atoms with Crippen molar-refractivity contribution in [3.05, 3.63) is 66.9 Å². The predicted octanol–water partition coefficient (Wildman–Crippen LogP) is 2.02. The van der Waals surface area contributed by atoms with Crippen molar-refractivity contribution >= 4 is 49.4 Å². The summed E-state index contributed by atoms with van der Waals surface area (Å²) in [7, 11) is -8.15. The lowest BCUT2D eigenvalue weighted by atomic mass is 9.98. The topological polar surface area (TPSA) is 300 Å². The van der Waals surface area contributed by atoms with E-state index in [2.05, 4.69) is 16.0 Å². The van der Waals surface area contributed by atoms with Crippen LogP contribution in [0.3, 0.4) is 0 Å². The number of sulfone groups is 2. The Bertz CT molecular complexity index is 2190. The fraction of sp³-hybridized carbons (Fsp3) is 0.500. The molecule has 6 amide bonds. The number of carbonyl (C=O) groups excluding carboxylic acids is 4. The molecular formula is C40H54N6O16S2. The zero-order chi connectivity index (χ0) is 46.1. The van der Waals surface area contributed by atoms with Gasteiger partial charge < -0.3 is 43.6 Å². The van der Waals surface area contributed by atoms with E-state index in [1.807, 2.05) is 0 Å². The smallest absolute Gasteiger partial charge is 0.321 e. The van der Waals surface area contributed by atoms with Gasteiger partial charge in [0.15, 0.2) is 29.2 Å². The predicted molar refractivity (Wildman–Crippen MR) is 224 cm³/mol. The minimum Gasteiger partial charge on any atom is -0.494 e. The van der Waals surface area contributed by atoms with Crippen molar-refractivity contribution in [3.8, 4) is 11.5 Å². The molecule has 2 aromatic carbocycles. The number of rotatable bonds is 17. The molecule has 0 spiro atoms. The number of urea groups is 2. The van der Waals surface area contributed by atoms with Gasteiger partial charge in [-0.25, -0.2) is 37.4 Å². The molecule has 352 valence electrons. The molecule has 0 atom stereocenters. The first kappa shape index (κ1) is 49.5. The van der Waals surface area contributed by atoms with E-state index in [-0.39, 0.29) is 67.9 Å². The van der Waals surface area contributed by atoms with E-state index in [0.29, 0.717) is 82.8 Å². The number of carbonyl (C=O) groups is 4. The summed E-state index contributed by atoms with van der Waals surface area (Å²) in [6.45, 7) is 4.09. The van der Waals surface area contributed by atoms with E-state index in [1.54, 1.807) is 17.0 Å². The van der Waals surface area contributed by atoms with Crippen LogP contribution in [0.5, 0.6) is 11.5 Å². The average Bonchev–Trinajstić information content (AvgIpc) is 3.84. The van der Waals surface area contributed by atoms with Crippen molar-refractivity contribution in [2.45, 2.75) is 57.8 Å². The standard InChI is InChI=1S/C20H29N3O8S.C20H25N3O8S/c24-18(22-26)20(6-12-29-13-7-20)32(27,28)17-4-2-16(3-5-17)31-11-1-8-21-19(25)23-9-14-30-15-10-23;24-18(23-26)20(8-13-29-14-9-20)32(27,28)16-6-4-15(5-7-16)30-12-2-10-21-19(25)22-17-3-1-11-31-17/h2-5,26H,1,6-15H2,(H,21,25)(H,22,24);1,3-7,11,26H,2,8-10,12-14H2,(H,23,24)(H2,21,22,25). The molecule has 7 N–H and O–H groups in total. The lowest BCUT2D eigenvalue weighted by Gasteiger charge is -2.34. The SMILES string of the molecule is O=C(NCCCOc1ccc(S(=O)(=O)C2(C(=O)NO)CCOCC2)cc1)N1CCOCC1.O=C(NCCCOc1ccc(S(=O)(=O)C2(C(=O)NO)CCOCC2)cc1)Nc1ccco1. The van der Waals surface area contributed by atoms with Crippen LogP contribution in [0.25, 0.3) is 0 Å². The lowest BCUT2D eigenvalue weighted by Crippen LogP contribution is -2.54. The molecular weight excluding hydrogens is 885 g/mol. The molecule has 4 heterocycles. The second kappa shape index (κ2) is 23.4. The van der Waals surface area contributed by atoms with Crippen LogP contribution in [0.15, 0.2) is 81.1 Å². The molecule has 3 aromatic rings. The van der Waals surface area contributed by atoms with Gasteiger partial charge in [-0.05, 0) is 93.1 Å². The number of amides is 6. The Balaban J connectivity index is 0.000000241. The Labute approximate surface area is 370 Å². The van der Waals surface area contributed by atoms with Crippen LogP contribution in [-0.4, -0.2) is 145 Å². The second-order valence-corrected chi connectivity index (χ2v) is 19.2. The number of hydrogen-bond acceptors (Lipinski definition) is 16. The molecule has 3 fully saturated rings. The highest BCUT2D eigenvalue weighted by molar-refractivity contribution is 7.94. The van der Waals surface area contributed by atoms with Gasteiger partial charge in [-0.3, -0.25) is 25.3 Å². The van der Waals surface area contributed by atoms with Crippen molar-refractivity contribution in [2.24, 2.45) is 0 Å². The Hall–Kier alpha value is -5.50. The minimum absolute atomic E-state index is 0.0341. The number of hydroxylamine groups is 2. The van der Waals surface area contributed by atoms with E-state index >= 15 is 0 Å². The quantitative estimate of drug-likeness (QED) is 0.0579. The zero-order valence-corrected chi connectivity index (χ0v) is 36.6. The van der Waals surface area contributed by atoms with E-state index < -0.39 is 47.0 Å². The fourth-order valence-electron chi connectivity index (χ4n) is 7.03. The maximum Gasteiger partial charge on any atom is 0.321 e. The highest BCUT2D eigenvalue weighted by Gasteiger charge is 2.53. The van der Waals surface area contributed by atoms with Gasteiger partial charge in [0.05, 0.1) is 42.5 Å². The van der Waals surface area contributed by atoms with Crippen LogP contribution >= 0.6 is 0 Å². The molecule has 0 saturated carbocycles. The van der Waals surface area contributed by atoms with Gasteiger partial charge in [-0.1, -0.05) is 0 Å². The Morgan fingerprint density at radius 1 is 0.625 bits per heavy atom. The van der Waals surface area contributed by atoms with Gasteiger partial charge in [0.25, 0.3) is 11.8 Å². The summed E-state index contributed by atoms with van der Waals surface area (Å²) >= 11 is 0. The minimum atomic E-state index is -4.08. The Kier molecular flexibility index (Phi) is 18.1. The maximum atomic E-state index is 13.2. The van der Waals surface area contributed by atoms with Crippen molar-refractivity contribution in [1.29, 1.82) is 0 Å². The summed E-state index contributed by atoms with van der Waals surface area (Å²) in [6.07, 6.45) is 2.35. The summed E-state index contributed by atoms with van der Waals surface area (Å²) in [4.78, 5) is 49.8. The summed E-state index contributed by atoms with van der Waals surface area (Å²) in [5.74, 6) is -0.675. The molecule has 3 aliphatic heterocycles. The molecule has 3 saturated heterocycles. The van der Waals surface area contributed by atoms with Gasteiger partial charge in [-0.2, -0.15) is 0 Å². The number of nitrogens with one attached hydrogen (secondary N) is 5. The molecule has 0 unspecified atom stereocenters. The summed E-state index contributed by atoms with van der Waals surface area (Å²) in [5, 5.41) is 26.2. The molecule has 24 heteroatoms. The average molecular weight is 939 g/mol. The van der Waals surface area contributed by atoms with Crippen LogP contribution in [-0.2, 0) is 43.5 Å². The van der Waals surface area contributed by atoms with Crippen molar-refractivity contribution < 1.29 is 74.5 Å². The lowest BCUT2D eigenvalue weighted by molar-refractivity contribution is -0.135. The van der Waals surface area contributed by atoms with Gasteiger partial charge in [0, 0.05) is 58.7 Å². The first-order valence-corrected chi connectivity index (χ1v) is 23.4. The highest BCUT2D eigenvalue weighted by Crippen LogP contribution is 2.37. The molecule has 22 nitrogen and oxygen atoms in total. The summed E-state index contributed by atoms with van der Waals surface area (Å²) < 4.78 is 81.0. The zero-order valence-electron chi connectivity index (χ0n) is 35.0. The van der Waals surface area contributed by atoms with Crippen molar-refractivity contribution in [2.75, 3.05) is 84.4 Å². The first-order chi connectivity index (χ1) is 30.8. The normalized spacial score (nSPS) is 17.1. The third kappa shape index (κ3) is 12.2. The number of nitrogens with zero attached hydrogens (tertiary/aromatic N) is 1. The van der Waals surface area contributed by atoms with Crippen LogP contribution in [0.2, 0.25) is 0 Å². The highest BCUT2D eigenvalue weighted by atomic mass is 32.2. The van der Waals surface area contributed by atoms with E-state index in [0.717, 1.165) is 0 Å². The van der Waals surface area contributed by atoms with Crippen LogP contribution in [0.4, 0.5) is 15.5 Å². The molecule has 3 aliphatic rings. The van der Waals surface area contributed by atoms with Crippen molar-refractivity contribution in [3.63, 3.8) is 0 Å². The van der Waals surface area contributed by atoms with E-state index in [1.165, 1.54) is 65.8 Å². The van der Waals surface area contributed by atoms with Crippen LogP contribution < -0.4 is 36.4 Å².